The number of H-pyrrole nitrogens is 1. The second-order valence-corrected chi connectivity index (χ2v) is 9.16. The monoisotopic (exact) mass is 481 g/mol. The second kappa shape index (κ2) is 11.1. The normalized spacial score (nSPS) is 11.7. The first kappa shape index (κ1) is 25.8. The van der Waals surface area contributed by atoms with Crippen molar-refractivity contribution in [2.45, 2.75) is 64.9 Å². The minimum Gasteiger partial charge on any atom is -0.370 e. The van der Waals surface area contributed by atoms with Crippen LogP contribution in [-0.2, 0) is 16.0 Å². The first-order chi connectivity index (χ1) is 16.2. The second-order valence-electron chi connectivity index (χ2n) is 8.75. The zero-order chi connectivity index (χ0) is 24.9. The predicted molar refractivity (Wildman–Crippen MR) is 136 cm³/mol. The summed E-state index contributed by atoms with van der Waals surface area (Å²) in [7, 11) is 1.59. The van der Waals surface area contributed by atoms with E-state index < -0.39 is 11.3 Å². The number of ether oxygens (including phenoxy) is 1. The quantitative estimate of drug-likeness (QED) is 0.385. The van der Waals surface area contributed by atoms with E-state index in [0.717, 1.165) is 16.7 Å². The molecule has 180 valence electrons. The van der Waals surface area contributed by atoms with Gasteiger partial charge in [-0.25, -0.2) is 9.78 Å². The summed E-state index contributed by atoms with van der Waals surface area (Å²) in [5, 5.41) is 0.458. The predicted octanol–water partition coefficient (Wildman–Crippen LogP) is 5.98. The first-order valence-corrected chi connectivity index (χ1v) is 12.1. The number of nitrogens with one attached hydrogen (secondary N) is 1. The molecule has 0 aliphatic heterocycles. The van der Waals surface area contributed by atoms with Crippen molar-refractivity contribution in [1.82, 2.24) is 15.0 Å². The molecular weight excluding hydrogens is 450 g/mol. The third-order valence-electron chi connectivity index (χ3n) is 6.43. The number of rotatable bonds is 10. The van der Waals surface area contributed by atoms with Gasteiger partial charge in [-0.05, 0) is 54.5 Å². The lowest BCUT2D eigenvalue weighted by Crippen LogP contribution is -2.39. The zero-order valence-corrected chi connectivity index (χ0v) is 21.2. The molecule has 0 fully saturated rings. The number of aromatic amines is 1. The molecule has 0 bridgehead atoms. The highest BCUT2D eigenvalue weighted by molar-refractivity contribution is 6.33. The minimum atomic E-state index is -0.743. The number of carbonyl (C=O) groups excluding carboxylic acids is 1. The van der Waals surface area contributed by atoms with Gasteiger partial charge in [0.25, 0.3) is 0 Å². The van der Waals surface area contributed by atoms with Crippen molar-refractivity contribution in [3.63, 3.8) is 0 Å². The van der Waals surface area contributed by atoms with Gasteiger partial charge >= 0.3 is 5.69 Å². The average Bonchev–Trinajstić information content (AvgIpc) is 2.84. The Kier molecular flexibility index (Phi) is 8.39. The van der Waals surface area contributed by atoms with Crippen molar-refractivity contribution < 1.29 is 9.53 Å². The van der Waals surface area contributed by atoms with E-state index in [9.17, 15) is 9.59 Å². The molecule has 0 radical (unpaired) electrons. The molecule has 0 unspecified atom stereocenters. The minimum absolute atomic E-state index is 0.0827. The molecule has 3 rings (SSSR count). The molecule has 0 spiro atoms. The molecule has 0 atom stereocenters. The highest BCUT2D eigenvalue weighted by Crippen LogP contribution is 2.29. The van der Waals surface area contributed by atoms with E-state index in [1.807, 2.05) is 50.2 Å². The van der Waals surface area contributed by atoms with Gasteiger partial charge in [0.2, 0.25) is 0 Å². The number of nitrogens with zero attached hydrogens (tertiary/aromatic N) is 2. The maximum absolute atomic E-state index is 12.9. The first-order valence-electron chi connectivity index (χ1n) is 11.7. The van der Waals surface area contributed by atoms with Crippen molar-refractivity contribution >= 4 is 17.4 Å². The number of benzene rings is 2. The molecule has 34 heavy (non-hydrogen) atoms. The van der Waals surface area contributed by atoms with Crippen LogP contribution in [0.3, 0.4) is 0 Å². The third-order valence-corrected chi connectivity index (χ3v) is 6.76. The molecule has 2 aromatic carbocycles. The van der Waals surface area contributed by atoms with Gasteiger partial charge in [0.15, 0.2) is 11.6 Å². The van der Waals surface area contributed by atoms with Crippen molar-refractivity contribution in [2.75, 3.05) is 7.11 Å². The fraction of sp³-hybridized carbons (Fsp3) is 0.407. The summed E-state index contributed by atoms with van der Waals surface area (Å²) in [6, 6.07) is 13.4. The number of aromatic nitrogens is 3. The van der Waals surface area contributed by atoms with E-state index in [1.54, 1.807) is 13.2 Å². The molecule has 0 aliphatic rings. The maximum Gasteiger partial charge on any atom is 0.348 e. The molecular formula is C27H32ClN3O3. The van der Waals surface area contributed by atoms with Crippen LogP contribution >= 0.6 is 11.6 Å². The van der Waals surface area contributed by atoms with Crippen LogP contribution < -0.4 is 5.69 Å². The lowest BCUT2D eigenvalue weighted by molar-refractivity contribution is -0.142. The molecule has 1 heterocycles. The van der Waals surface area contributed by atoms with Crippen molar-refractivity contribution in [3.05, 3.63) is 69.1 Å². The van der Waals surface area contributed by atoms with Crippen LogP contribution in [0.1, 0.15) is 64.0 Å². The average molecular weight is 482 g/mol. The highest BCUT2D eigenvalue weighted by Gasteiger charge is 2.33. The Bertz CT molecular complexity index is 1210. The Morgan fingerprint density at radius 1 is 1.12 bits per heavy atom. The van der Waals surface area contributed by atoms with Gasteiger partial charge in [-0.3, -0.25) is 9.78 Å². The summed E-state index contributed by atoms with van der Waals surface area (Å²) in [5.74, 6) is 1.11. The van der Waals surface area contributed by atoms with Crippen molar-refractivity contribution in [3.8, 4) is 22.8 Å². The fourth-order valence-electron chi connectivity index (χ4n) is 4.12. The van der Waals surface area contributed by atoms with Crippen LogP contribution in [0.15, 0.2) is 47.3 Å². The van der Waals surface area contributed by atoms with Gasteiger partial charge in [-0.15, -0.1) is 0 Å². The molecule has 7 heteroatoms. The summed E-state index contributed by atoms with van der Waals surface area (Å²) >= 11 is 6.48. The number of hydrogen-bond donors (Lipinski definition) is 1. The number of carbonyl (C=O) groups is 1. The van der Waals surface area contributed by atoms with E-state index in [2.05, 4.69) is 28.8 Å². The number of ketones is 1. The number of aryl methyl sites for hydroxylation is 1. The fourth-order valence-corrected chi connectivity index (χ4v) is 4.33. The van der Waals surface area contributed by atoms with E-state index in [-0.39, 0.29) is 5.78 Å². The number of Topliss-reactive ketones (excluding diaryl/α,β-unsaturated/α-hetero) is 1. The lowest BCUT2D eigenvalue weighted by atomic mass is 9.88. The van der Waals surface area contributed by atoms with Crippen LogP contribution in [0.2, 0.25) is 5.02 Å². The van der Waals surface area contributed by atoms with E-state index >= 15 is 0 Å². The molecule has 0 amide bonds. The summed E-state index contributed by atoms with van der Waals surface area (Å²) in [5.41, 5.74) is 2.18. The molecule has 0 saturated heterocycles. The van der Waals surface area contributed by atoms with Gasteiger partial charge in [-0.2, -0.15) is 4.98 Å². The highest BCUT2D eigenvalue weighted by atomic mass is 35.5. The van der Waals surface area contributed by atoms with Crippen LogP contribution in [0.5, 0.6) is 0 Å². The molecule has 0 aliphatic carbocycles. The molecule has 3 aromatic rings. The SMILES string of the molecule is CCC(CC)(OC)C(=O)CCc1ccc(Cl)c(-c2nc(-c3cccc(C(C)C)c3)nc(=O)[nH]2)c1. The summed E-state index contributed by atoms with van der Waals surface area (Å²) in [6.07, 6.45) is 2.15. The van der Waals surface area contributed by atoms with Crippen molar-refractivity contribution in [1.29, 1.82) is 0 Å². The number of hydrogen-bond acceptors (Lipinski definition) is 5. The van der Waals surface area contributed by atoms with Gasteiger partial charge in [0.05, 0.1) is 5.02 Å². The topological polar surface area (TPSA) is 84.9 Å². The van der Waals surface area contributed by atoms with Gasteiger partial charge in [-0.1, -0.05) is 63.6 Å². The Hall–Kier alpha value is -2.83. The Labute approximate surface area is 205 Å². The number of halogens is 1. The molecule has 1 aromatic heterocycles. The smallest absolute Gasteiger partial charge is 0.348 e. The molecule has 0 saturated carbocycles. The van der Waals surface area contributed by atoms with Crippen LogP contribution in [0, 0.1) is 0 Å². The summed E-state index contributed by atoms with van der Waals surface area (Å²) < 4.78 is 5.56. The van der Waals surface area contributed by atoms with Gasteiger partial charge in [0.1, 0.15) is 11.4 Å². The van der Waals surface area contributed by atoms with Crippen LogP contribution in [-0.4, -0.2) is 33.4 Å². The third kappa shape index (κ3) is 5.62. The Balaban J connectivity index is 1.92. The summed E-state index contributed by atoms with van der Waals surface area (Å²) in [4.78, 5) is 36.6. The van der Waals surface area contributed by atoms with Gasteiger partial charge < -0.3 is 4.74 Å². The Morgan fingerprint density at radius 2 is 1.85 bits per heavy atom. The molecule has 1 N–H and O–H groups in total. The van der Waals surface area contributed by atoms with E-state index in [0.29, 0.717) is 53.8 Å². The van der Waals surface area contributed by atoms with E-state index in [4.69, 9.17) is 16.3 Å². The zero-order valence-electron chi connectivity index (χ0n) is 20.4. The lowest BCUT2D eigenvalue weighted by Gasteiger charge is -2.28. The maximum atomic E-state index is 12.9. The van der Waals surface area contributed by atoms with Crippen LogP contribution in [0.25, 0.3) is 22.8 Å². The standard InChI is InChI=1S/C27H32ClN3O3/c1-6-27(7-2,34-5)23(32)14-12-18-11-13-22(28)21(15-18)25-29-24(30-26(33)31-25)20-10-8-9-19(16-20)17(3)4/h8-11,13,15-17H,6-7,12,14H2,1-5H3,(H,29,30,31,33). The van der Waals surface area contributed by atoms with Crippen LogP contribution in [0.4, 0.5) is 0 Å². The molecule has 6 nitrogen and oxygen atoms in total. The van der Waals surface area contributed by atoms with Crippen molar-refractivity contribution in [2.24, 2.45) is 0 Å². The largest absolute Gasteiger partial charge is 0.370 e. The van der Waals surface area contributed by atoms with E-state index in [1.165, 1.54) is 0 Å². The Morgan fingerprint density at radius 3 is 2.50 bits per heavy atom. The number of methoxy groups -OCH3 is 1. The summed E-state index contributed by atoms with van der Waals surface area (Å²) in [6.45, 7) is 8.14. The van der Waals surface area contributed by atoms with Gasteiger partial charge in [0, 0.05) is 24.7 Å².